The van der Waals surface area contributed by atoms with Gasteiger partial charge in [-0.1, -0.05) is 12.1 Å². The Hall–Kier alpha value is -2.37. The van der Waals surface area contributed by atoms with E-state index < -0.39 is 0 Å². The largest absolute Gasteiger partial charge is 0.473 e. The highest BCUT2D eigenvalue weighted by molar-refractivity contribution is 5.42. The van der Waals surface area contributed by atoms with Crippen molar-refractivity contribution in [3.8, 4) is 5.88 Å². The normalized spacial score (nSPS) is 13.9. The molecule has 1 aliphatic heterocycles. The fourth-order valence-corrected chi connectivity index (χ4v) is 2.39. The maximum atomic E-state index is 12.8. The van der Waals surface area contributed by atoms with Crippen LogP contribution in [0.2, 0.25) is 0 Å². The zero-order valence-electron chi connectivity index (χ0n) is 11.8. The first-order valence-electron chi connectivity index (χ1n) is 6.84. The molecular formula is C15H16FN3O2. The number of hydrogen-bond acceptors (Lipinski definition) is 4. The lowest BCUT2D eigenvalue weighted by Crippen LogP contribution is -2.36. The molecule has 2 aromatic rings. The number of nitrogens with zero attached hydrogens (tertiary/aromatic N) is 3. The Morgan fingerprint density at radius 3 is 2.81 bits per heavy atom. The van der Waals surface area contributed by atoms with Crippen molar-refractivity contribution in [3.05, 3.63) is 52.2 Å². The van der Waals surface area contributed by atoms with Crippen LogP contribution in [-0.4, -0.2) is 23.1 Å². The predicted molar refractivity (Wildman–Crippen MR) is 77.1 cm³/mol. The lowest BCUT2D eigenvalue weighted by atomic mass is 10.2. The molecule has 0 spiro atoms. The summed E-state index contributed by atoms with van der Waals surface area (Å²) >= 11 is 0. The number of anilines is 1. The minimum absolute atomic E-state index is 0.250. The van der Waals surface area contributed by atoms with E-state index in [-0.39, 0.29) is 18.1 Å². The van der Waals surface area contributed by atoms with Crippen molar-refractivity contribution < 1.29 is 9.13 Å². The van der Waals surface area contributed by atoms with Gasteiger partial charge in [-0.05, 0) is 24.1 Å². The summed E-state index contributed by atoms with van der Waals surface area (Å²) in [7, 11) is 1.94. The lowest BCUT2D eigenvalue weighted by molar-refractivity contribution is 0.290. The first-order valence-corrected chi connectivity index (χ1v) is 6.84. The van der Waals surface area contributed by atoms with Gasteiger partial charge in [0.1, 0.15) is 18.2 Å². The smallest absolute Gasteiger partial charge is 0.352 e. The molecule has 21 heavy (non-hydrogen) atoms. The maximum Gasteiger partial charge on any atom is 0.352 e. The zero-order valence-corrected chi connectivity index (χ0v) is 11.8. The molecule has 6 heteroatoms. The van der Waals surface area contributed by atoms with Gasteiger partial charge < -0.3 is 9.64 Å². The van der Waals surface area contributed by atoms with Crippen molar-refractivity contribution in [2.24, 2.45) is 0 Å². The van der Waals surface area contributed by atoms with Crippen LogP contribution in [0.15, 0.2) is 35.1 Å². The van der Waals surface area contributed by atoms with E-state index in [1.165, 1.54) is 12.1 Å². The second-order valence-corrected chi connectivity index (χ2v) is 5.08. The second kappa shape index (κ2) is 5.55. The van der Waals surface area contributed by atoms with Crippen LogP contribution in [0, 0.1) is 5.82 Å². The molecule has 1 aromatic carbocycles. The van der Waals surface area contributed by atoms with Crippen molar-refractivity contribution in [2.45, 2.75) is 19.6 Å². The molecular weight excluding hydrogens is 273 g/mol. The number of halogens is 1. The number of fused-ring (bicyclic) bond motifs is 1. The quantitative estimate of drug-likeness (QED) is 0.864. The minimum atomic E-state index is -0.298. The number of benzene rings is 1. The summed E-state index contributed by atoms with van der Waals surface area (Å²) in [6.45, 7) is 1.84. The van der Waals surface area contributed by atoms with Crippen molar-refractivity contribution in [3.63, 3.8) is 0 Å². The van der Waals surface area contributed by atoms with Crippen LogP contribution >= 0.6 is 0 Å². The van der Waals surface area contributed by atoms with E-state index in [0.29, 0.717) is 12.4 Å². The topological polar surface area (TPSA) is 47.4 Å². The van der Waals surface area contributed by atoms with Gasteiger partial charge in [-0.2, -0.15) is 4.98 Å². The Balaban J connectivity index is 1.80. The zero-order chi connectivity index (χ0) is 14.8. The van der Waals surface area contributed by atoms with Gasteiger partial charge >= 0.3 is 5.69 Å². The monoisotopic (exact) mass is 289 g/mol. The molecule has 0 amide bonds. The van der Waals surface area contributed by atoms with Gasteiger partial charge in [0.25, 0.3) is 0 Å². The fraction of sp³-hybridized carbons (Fsp3) is 0.333. The van der Waals surface area contributed by atoms with E-state index in [4.69, 9.17) is 4.74 Å². The van der Waals surface area contributed by atoms with E-state index in [2.05, 4.69) is 4.98 Å². The average molecular weight is 289 g/mol. The van der Waals surface area contributed by atoms with Crippen LogP contribution in [0.5, 0.6) is 5.88 Å². The predicted octanol–water partition coefficient (Wildman–Crippen LogP) is 1.80. The number of aromatic nitrogens is 2. The van der Waals surface area contributed by atoms with Gasteiger partial charge in [-0.15, -0.1) is 0 Å². The molecule has 0 aliphatic carbocycles. The van der Waals surface area contributed by atoms with E-state index in [9.17, 15) is 9.18 Å². The molecule has 0 N–H and O–H groups in total. The van der Waals surface area contributed by atoms with E-state index >= 15 is 0 Å². The summed E-state index contributed by atoms with van der Waals surface area (Å²) in [5.74, 6) is 0.824. The first kappa shape index (κ1) is 13.6. The highest BCUT2D eigenvalue weighted by Crippen LogP contribution is 2.20. The molecule has 2 heterocycles. The Labute approximate surface area is 121 Å². The molecule has 1 aromatic heterocycles. The molecule has 110 valence electrons. The van der Waals surface area contributed by atoms with Crippen molar-refractivity contribution >= 4 is 5.82 Å². The fourth-order valence-electron chi connectivity index (χ4n) is 2.39. The number of rotatable bonds is 3. The minimum Gasteiger partial charge on any atom is -0.473 e. The average Bonchev–Trinajstić information content (AvgIpc) is 2.48. The third-order valence-corrected chi connectivity index (χ3v) is 3.53. The Kier molecular flexibility index (Phi) is 3.60. The molecule has 5 nitrogen and oxygen atoms in total. The number of hydrogen-bond donors (Lipinski definition) is 0. The summed E-state index contributed by atoms with van der Waals surface area (Å²) in [4.78, 5) is 17.9. The van der Waals surface area contributed by atoms with E-state index in [1.807, 2.05) is 11.9 Å². The van der Waals surface area contributed by atoms with Crippen LogP contribution in [0.25, 0.3) is 0 Å². The van der Waals surface area contributed by atoms with Crippen LogP contribution in [0.1, 0.15) is 12.0 Å². The summed E-state index contributed by atoms with van der Waals surface area (Å²) in [6.07, 6.45) is 0.931. The van der Waals surface area contributed by atoms with E-state index in [0.717, 1.165) is 24.3 Å². The maximum absolute atomic E-state index is 12.8. The molecule has 3 rings (SSSR count). The van der Waals surface area contributed by atoms with Gasteiger partial charge in [0, 0.05) is 26.2 Å². The standard InChI is InChI=1S/C15H16FN3O2/c1-18-7-2-8-19-14(18)9-13(17-15(19)20)21-10-11-3-5-12(16)6-4-11/h3-6,9H,2,7-8,10H2,1H3. The molecule has 0 saturated heterocycles. The van der Waals surface area contributed by atoms with E-state index in [1.54, 1.807) is 22.8 Å². The van der Waals surface area contributed by atoms with Crippen LogP contribution in [0.3, 0.4) is 0 Å². The highest BCUT2D eigenvalue weighted by Gasteiger charge is 2.16. The van der Waals surface area contributed by atoms with Gasteiger partial charge in [0.05, 0.1) is 0 Å². The third-order valence-electron chi connectivity index (χ3n) is 3.53. The molecule has 0 atom stereocenters. The van der Waals surface area contributed by atoms with Crippen molar-refractivity contribution in [1.29, 1.82) is 0 Å². The molecule has 1 aliphatic rings. The molecule has 0 unspecified atom stereocenters. The van der Waals surface area contributed by atoms with Gasteiger partial charge in [0.2, 0.25) is 5.88 Å². The van der Waals surface area contributed by atoms with Crippen LogP contribution < -0.4 is 15.3 Å². The van der Waals surface area contributed by atoms with Crippen LogP contribution in [-0.2, 0) is 13.2 Å². The van der Waals surface area contributed by atoms with Crippen molar-refractivity contribution in [2.75, 3.05) is 18.5 Å². The Morgan fingerprint density at radius 1 is 1.29 bits per heavy atom. The molecule has 0 fully saturated rings. The Morgan fingerprint density at radius 2 is 2.05 bits per heavy atom. The summed E-state index contributed by atoms with van der Waals surface area (Å²) in [5, 5.41) is 0. The third kappa shape index (κ3) is 2.89. The molecule has 0 radical (unpaired) electrons. The van der Waals surface area contributed by atoms with Gasteiger partial charge in [-0.3, -0.25) is 4.57 Å². The van der Waals surface area contributed by atoms with Gasteiger partial charge in [-0.25, -0.2) is 9.18 Å². The highest BCUT2D eigenvalue weighted by atomic mass is 19.1. The summed E-state index contributed by atoms with van der Waals surface area (Å²) < 4.78 is 20.0. The first-order chi connectivity index (χ1) is 10.1. The van der Waals surface area contributed by atoms with Crippen molar-refractivity contribution in [1.82, 2.24) is 9.55 Å². The SMILES string of the molecule is CN1CCCn2c1cc(OCc1ccc(F)cc1)nc2=O. The summed E-state index contributed by atoms with van der Waals surface area (Å²) in [5.41, 5.74) is 0.525. The lowest BCUT2D eigenvalue weighted by Gasteiger charge is -2.28. The number of ether oxygens (including phenoxy) is 1. The van der Waals surface area contributed by atoms with Crippen LogP contribution in [0.4, 0.5) is 10.2 Å². The van der Waals surface area contributed by atoms with Gasteiger partial charge in [0.15, 0.2) is 0 Å². The molecule has 0 bridgehead atoms. The second-order valence-electron chi connectivity index (χ2n) is 5.08. The molecule has 0 saturated carbocycles. The Bertz CT molecular complexity index is 697. The summed E-state index contributed by atoms with van der Waals surface area (Å²) in [6, 6.07) is 7.81.